The molecule has 0 unspecified atom stereocenters. The molecule has 0 rings (SSSR count). The molecule has 3 radical (unpaired) electrons. The molecule has 0 aliphatic rings. The van der Waals surface area contributed by atoms with Crippen molar-refractivity contribution in [3.05, 3.63) is 0 Å². The second kappa shape index (κ2) is 17.6. The van der Waals surface area contributed by atoms with E-state index in [0.717, 1.165) is 0 Å². The monoisotopic (exact) mass is 315 g/mol. The Morgan fingerprint density at radius 2 is 1.25 bits per heavy atom. The molecular formula is BaCuMoO. The van der Waals surface area contributed by atoms with Crippen molar-refractivity contribution in [3.63, 3.8) is 0 Å². The summed E-state index contributed by atoms with van der Waals surface area (Å²) in [5.41, 5.74) is 0. The first-order chi connectivity index (χ1) is 1.00. The van der Waals surface area contributed by atoms with Crippen LogP contribution in [0.15, 0.2) is 0 Å². The van der Waals surface area contributed by atoms with E-state index in [1.807, 2.05) is 0 Å². The Labute approximate surface area is 87.0 Å². The zero-order valence-corrected chi connectivity index (χ0v) is 9.21. The predicted octanol–water partition coefficient (Wildman–Crippen LogP) is -0.505. The van der Waals surface area contributed by atoms with Crippen LogP contribution in [0, 0.1) is 0 Å². The van der Waals surface area contributed by atoms with Crippen molar-refractivity contribution >= 4 is 48.9 Å². The van der Waals surface area contributed by atoms with Gasteiger partial charge in [-0.25, -0.2) is 0 Å². The normalized spacial score (nSPS) is 1.00. The first kappa shape index (κ1) is 16.0. The molecule has 0 saturated carbocycles. The molecule has 25 valence electrons. The Hall–Kier alpha value is 2.58. The van der Waals surface area contributed by atoms with Gasteiger partial charge in [0.15, 0.2) is 0 Å². The van der Waals surface area contributed by atoms with E-state index >= 15 is 0 Å². The third kappa shape index (κ3) is 8.82. The summed E-state index contributed by atoms with van der Waals surface area (Å²) in [6.45, 7) is 0. The first-order valence-corrected chi connectivity index (χ1v) is 0.986. The van der Waals surface area contributed by atoms with Crippen LogP contribution >= 0.6 is 0 Å². The summed E-state index contributed by atoms with van der Waals surface area (Å²) in [6.07, 6.45) is 0. The van der Waals surface area contributed by atoms with Crippen LogP contribution in [0.25, 0.3) is 0 Å². The molecule has 0 aromatic rings. The van der Waals surface area contributed by atoms with Crippen molar-refractivity contribution < 1.29 is 40.2 Å². The van der Waals surface area contributed by atoms with Crippen LogP contribution in [0.3, 0.4) is 0 Å². The molecule has 0 aliphatic carbocycles. The van der Waals surface area contributed by atoms with Crippen LogP contribution in [0.5, 0.6) is 0 Å². The second-order valence-electron chi connectivity index (χ2n) is 0. The van der Waals surface area contributed by atoms with Crippen molar-refractivity contribution in [1.82, 2.24) is 0 Å². The Morgan fingerprint density at radius 3 is 1.25 bits per heavy atom. The molecule has 0 fully saturated rings. The van der Waals surface area contributed by atoms with Gasteiger partial charge in [0.05, 0.1) is 0 Å². The number of rotatable bonds is 0. The third-order valence-electron chi connectivity index (χ3n) is 0. The average Bonchev–Trinajstić information content (AvgIpc) is 1.00. The van der Waals surface area contributed by atoms with Crippen LogP contribution in [0.1, 0.15) is 0 Å². The van der Waals surface area contributed by atoms with E-state index in [9.17, 15) is 0 Å². The summed E-state index contributed by atoms with van der Waals surface area (Å²) in [5, 5.41) is 0. The molecule has 0 heterocycles. The zero-order valence-electron chi connectivity index (χ0n) is 1.83. The molecular weight excluding hydrogens is 313 g/mol. The fourth-order valence-electron chi connectivity index (χ4n) is 0. The standard InChI is InChI=1S/Ba.Cu.Mo.O. The van der Waals surface area contributed by atoms with Crippen molar-refractivity contribution in [2.75, 3.05) is 0 Å². The van der Waals surface area contributed by atoms with Gasteiger partial charge in [0.2, 0.25) is 0 Å². The Kier molecular flexibility index (Phi) is 70.3. The van der Waals surface area contributed by atoms with Gasteiger partial charge in [-0.15, -0.1) is 0 Å². The van der Waals surface area contributed by atoms with Gasteiger partial charge in [0, 0.05) is 65.9 Å². The van der Waals surface area contributed by atoms with E-state index in [-0.39, 0.29) is 65.9 Å². The molecule has 0 aromatic carbocycles. The molecule has 0 atom stereocenters. The van der Waals surface area contributed by atoms with Gasteiger partial charge < -0.3 is 0 Å². The summed E-state index contributed by atoms with van der Waals surface area (Å²) >= 11 is 0.700. The Balaban J connectivity index is -0.00000000500. The minimum atomic E-state index is 0. The molecule has 0 bridgehead atoms. The van der Waals surface area contributed by atoms with E-state index in [4.69, 9.17) is 3.40 Å². The molecule has 0 amide bonds. The van der Waals surface area contributed by atoms with E-state index in [1.54, 1.807) is 0 Å². The second-order valence-corrected chi connectivity index (χ2v) is 0. The molecule has 0 spiro atoms. The van der Waals surface area contributed by atoms with Crippen molar-refractivity contribution in [1.29, 1.82) is 0 Å². The summed E-state index contributed by atoms with van der Waals surface area (Å²) in [6, 6.07) is 0. The van der Waals surface area contributed by atoms with Gasteiger partial charge in [0.1, 0.15) is 0 Å². The zero-order chi connectivity index (χ0) is 2.00. The van der Waals surface area contributed by atoms with Crippen molar-refractivity contribution in [2.24, 2.45) is 0 Å². The van der Waals surface area contributed by atoms with Crippen molar-refractivity contribution in [3.8, 4) is 0 Å². The topological polar surface area (TPSA) is 17.1 Å². The summed E-state index contributed by atoms with van der Waals surface area (Å²) in [4.78, 5) is 0. The van der Waals surface area contributed by atoms with Gasteiger partial charge in [-0.3, -0.25) is 0 Å². The number of hydrogen-bond acceptors (Lipinski definition) is 1. The van der Waals surface area contributed by atoms with E-state index in [0.29, 0.717) is 19.8 Å². The Morgan fingerprint density at radius 1 is 1.25 bits per heavy atom. The average molecular weight is 313 g/mol. The third-order valence-corrected chi connectivity index (χ3v) is 0. The summed E-state index contributed by atoms with van der Waals surface area (Å²) in [7, 11) is 0. The predicted molar refractivity (Wildman–Crippen MR) is 6.44 cm³/mol. The van der Waals surface area contributed by atoms with Gasteiger partial charge >= 0.3 is 23.2 Å². The fourth-order valence-corrected chi connectivity index (χ4v) is 0. The van der Waals surface area contributed by atoms with E-state index in [1.165, 1.54) is 0 Å². The molecule has 4 heavy (non-hydrogen) atoms. The minimum absolute atomic E-state index is 0. The summed E-state index contributed by atoms with van der Waals surface area (Å²) < 4.78 is 8.26. The van der Waals surface area contributed by atoms with E-state index < -0.39 is 0 Å². The van der Waals surface area contributed by atoms with Crippen LogP contribution in [0.4, 0.5) is 0 Å². The maximum atomic E-state index is 8.26. The van der Waals surface area contributed by atoms with Crippen LogP contribution in [-0.2, 0) is 40.2 Å². The van der Waals surface area contributed by atoms with Gasteiger partial charge in [-0.2, -0.15) is 0 Å². The molecule has 4 heteroatoms. The quantitative estimate of drug-likeness (QED) is 0.551. The fraction of sp³-hybridized carbons (Fsp3) is 0. The van der Waals surface area contributed by atoms with Crippen LogP contribution in [-0.4, -0.2) is 48.9 Å². The summed E-state index contributed by atoms with van der Waals surface area (Å²) in [5.74, 6) is 0. The molecule has 0 aliphatic heterocycles. The molecule has 1 nitrogen and oxygen atoms in total. The van der Waals surface area contributed by atoms with Gasteiger partial charge in [0.25, 0.3) is 0 Å². The SMILES string of the molecule is [Ba].[Cu].[O]=[Mo]. The molecule has 0 aromatic heterocycles. The van der Waals surface area contributed by atoms with Gasteiger partial charge in [-0.1, -0.05) is 0 Å². The first-order valence-electron chi connectivity index (χ1n) is 0.167. The van der Waals surface area contributed by atoms with Crippen LogP contribution in [0.2, 0.25) is 0 Å². The van der Waals surface area contributed by atoms with Gasteiger partial charge in [-0.05, 0) is 0 Å². The molecule has 0 N–H and O–H groups in total. The van der Waals surface area contributed by atoms with Crippen molar-refractivity contribution in [2.45, 2.75) is 0 Å². The number of hydrogen-bond donors (Lipinski definition) is 0. The van der Waals surface area contributed by atoms with E-state index in [2.05, 4.69) is 0 Å². The van der Waals surface area contributed by atoms with Crippen LogP contribution < -0.4 is 0 Å². The maximum absolute atomic E-state index is 8.26. The molecule has 0 saturated heterocycles. The Bertz CT molecular complexity index is 8.00.